The number of aryl methyl sites for hydroxylation is 1. The number of hydrogen-bond acceptors (Lipinski definition) is 0. The van der Waals surface area contributed by atoms with E-state index in [0.717, 1.165) is 35.7 Å². The molecule has 0 N–H and O–H groups in total. The lowest BCUT2D eigenvalue weighted by Gasteiger charge is -2.36. The fourth-order valence-electron chi connectivity index (χ4n) is 7.74. The lowest BCUT2D eigenvalue weighted by atomic mass is 9.70. The Kier molecular flexibility index (Phi) is 8.66. The van der Waals surface area contributed by atoms with Crippen molar-refractivity contribution in [2.45, 2.75) is 116 Å². The van der Waals surface area contributed by atoms with E-state index in [1.54, 1.807) is 11.1 Å². The van der Waals surface area contributed by atoms with Gasteiger partial charge < -0.3 is 0 Å². The van der Waals surface area contributed by atoms with Gasteiger partial charge >= 0.3 is 0 Å². The minimum Gasteiger partial charge on any atom is -0.207 e. The van der Waals surface area contributed by atoms with Crippen molar-refractivity contribution in [2.24, 2.45) is 17.8 Å². The molecule has 0 aliphatic heterocycles. The molecule has 36 heavy (non-hydrogen) atoms. The van der Waals surface area contributed by atoms with E-state index in [1.807, 2.05) is 19.1 Å². The van der Waals surface area contributed by atoms with E-state index in [2.05, 4.69) is 43.3 Å². The highest BCUT2D eigenvalue weighted by molar-refractivity contribution is 5.66. The van der Waals surface area contributed by atoms with Crippen LogP contribution in [0.3, 0.4) is 0 Å². The molecule has 194 valence electrons. The minimum atomic E-state index is -0.00513. The van der Waals surface area contributed by atoms with E-state index in [1.165, 1.54) is 94.6 Å². The first-order valence-corrected chi connectivity index (χ1v) is 15.2. The van der Waals surface area contributed by atoms with Crippen molar-refractivity contribution in [1.82, 2.24) is 0 Å². The molecule has 0 nitrogen and oxygen atoms in total. The fourth-order valence-corrected chi connectivity index (χ4v) is 7.74. The van der Waals surface area contributed by atoms with Crippen molar-refractivity contribution in [2.75, 3.05) is 0 Å². The smallest absolute Gasteiger partial charge is 0.126 e. The Balaban J connectivity index is 1.11. The third-order valence-electron chi connectivity index (χ3n) is 10.1. The van der Waals surface area contributed by atoms with Gasteiger partial charge in [0.05, 0.1) is 0 Å². The lowest BCUT2D eigenvalue weighted by molar-refractivity contribution is 0.220. The quantitative estimate of drug-likeness (QED) is 0.365. The maximum atomic E-state index is 14.3. The molecule has 0 bridgehead atoms. The van der Waals surface area contributed by atoms with Gasteiger partial charge in [0.25, 0.3) is 0 Å². The van der Waals surface area contributed by atoms with Crippen LogP contribution in [0.15, 0.2) is 48.5 Å². The summed E-state index contributed by atoms with van der Waals surface area (Å²) >= 11 is 0. The summed E-state index contributed by atoms with van der Waals surface area (Å²) in [6.45, 7) is 4.36. The van der Waals surface area contributed by atoms with Gasteiger partial charge in [-0.05, 0) is 141 Å². The summed E-state index contributed by atoms with van der Waals surface area (Å²) in [5.41, 5.74) is 6.68. The van der Waals surface area contributed by atoms with Crippen molar-refractivity contribution in [3.05, 3.63) is 76.6 Å². The molecule has 3 aliphatic rings. The van der Waals surface area contributed by atoms with Gasteiger partial charge in [0, 0.05) is 0 Å². The van der Waals surface area contributed by atoms with Crippen LogP contribution in [0.1, 0.15) is 131 Å². The number of rotatable bonds is 7. The summed E-state index contributed by atoms with van der Waals surface area (Å²) in [6.07, 6.45) is 20.6. The average Bonchev–Trinajstić information content (AvgIpc) is 2.94. The molecule has 0 heterocycles. The molecular formula is C35H47F. The molecule has 5 rings (SSSR count). The summed E-state index contributed by atoms with van der Waals surface area (Å²) in [7, 11) is 0. The predicted molar refractivity (Wildman–Crippen MR) is 152 cm³/mol. The largest absolute Gasteiger partial charge is 0.207 e. The molecule has 0 spiro atoms. The molecule has 2 aromatic rings. The van der Waals surface area contributed by atoms with Crippen LogP contribution in [-0.2, 0) is 6.42 Å². The highest BCUT2D eigenvalue weighted by Crippen LogP contribution is 2.44. The second kappa shape index (κ2) is 12.1. The van der Waals surface area contributed by atoms with Crippen LogP contribution in [0.4, 0.5) is 4.39 Å². The number of benzene rings is 2. The van der Waals surface area contributed by atoms with Crippen molar-refractivity contribution >= 4 is 5.57 Å². The van der Waals surface area contributed by atoms with E-state index in [-0.39, 0.29) is 5.82 Å². The molecule has 2 saturated carbocycles. The average molecular weight is 487 g/mol. The Morgan fingerprint density at radius 2 is 1.39 bits per heavy atom. The lowest BCUT2D eigenvalue weighted by Crippen LogP contribution is -2.22. The van der Waals surface area contributed by atoms with E-state index >= 15 is 0 Å². The Labute approximate surface area is 219 Å². The van der Waals surface area contributed by atoms with Crippen LogP contribution >= 0.6 is 0 Å². The SMILES string of the molecule is CCCC1CCC(c2ccc(C3=CCC(C4CCC(c5ccc(CC)c(F)c5)CC4)CC3)cc2)CC1. The van der Waals surface area contributed by atoms with Gasteiger partial charge in [-0.2, -0.15) is 0 Å². The summed E-state index contributed by atoms with van der Waals surface area (Å²) in [5, 5.41) is 0. The molecule has 2 fully saturated rings. The summed E-state index contributed by atoms with van der Waals surface area (Å²) in [4.78, 5) is 0. The minimum absolute atomic E-state index is 0.00513. The topological polar surface area (TPSA) is 0 Å². The molecule has 2 aromatic carbocycles. The van der Waals surface area contributed by atoms with Crippen LogP contribution in [0.25, 0.3) is 5.57 Å². The maximum Gasteiger partial charge on any atom is 0.126 e. The van der Waals surface area contributed by atoms with E-state index in [9.17, 15) is 4.39 Å². The maximum absolute atomic E-state index is 14.3. The third-order valence-corrected chi connectivity index (χ3v) is 10.1. The zero-order valence-corrected chi connectivity index (χ0v) is 22.8. The summed E-state index contributed by atoms with van der Waals surface area (Å²) < 4.78 is 14.3. The first kappa shape index (κ1) is 25.7. The van der Waals surface area contributed by atoms with Gasteiger partial charge in [0.2, 0.25) is 0 Å². The summed E-state index contributed by atoms with van der Waals surface area (Å²) in [5.74, 6) is 4.01. The van der Waals surface area contributed by atoms with Crippen LogP contribution in [0.2, 0.25) is 0 Å². The molecule has 0 saturated heterocycles. The van der Waals surface area contributed by atoms with Crippen LogP contribution < -0.4 is 0 Å². The Bertz CT molecular complexity index is 999. The molecule has 1 unspecified atom stereocenters. The standard InChI is InChI=1S/C35H47F/c1-3-5-25-6-8-27(9-7-25)28-11-13-29(14-12-28)30-15-17-31(18-16-30)32-19-21-33(22-20-32)34-23-10-26(4-2)35(36)24-34/h10-15,23-25,27,31-33H,3-9,16-22H2,1-2H3. The summed E-state index contributed by atoms with van der Waals surface area (Å²) in [6, 6.07) is 15.7. The molecule has 0 radical (unpaired) electrons. The normalized spacial score (nSPS) is 29.1. The molecule has 1 heteroatoms. The first-order chi connectivity index (χ1) is 17.6. The van der Waals surface area contributed by atoms with Gasteiger partial charge in [-0.15, -0.1) is 0 Å². The highest BCUT2D eigenvalue weighted by atomic mass is 19.1. The van der Waals surface area contributed by atoms with Gasteiger partial charge in [-0.1, -0.05) is 69.2 Å². The number of halogens is 1. The fraction of sp³-hybridized carbons (Fsp3) is 0.600. The molecule has 1 atom stereocenters. The van der Waals surface area contributed by atoms with Crippen molar-refractivity contribution < 1.29 is 4.39 Å². The van der Waals surface area contributed by atoms with Crippen molar-refractivity contribution in [1.29, 1.82) is 0 Å². The second-order valence-corrected chi connectivity index (χ2v) is 12.2. The van der Waals surface area contributed by atoms with E-state index < -0.39 is 0 Å². The molecule has 3 aliphatic carbocycles. The van der Waals surface area contributed by atoms with Gasteiger partial charge in [-0.3, -0.25) is 0 Å². The van der Waals surface area contributed by atoms with Crippen LogP contribution in [0, 0.1) is 23.6 Å². The van der Waals surface area contributed by atoms with Crippen molar-refractivity contribution in [3.63, 3.8) is 0 Å². The van der Waals surface area contributed by atoms with E-state index in [4.69, 9.17) is 0 Å². The Morgan fingerprint density at radius 1 is 0.722 bits per heavy atom. The van der Waals surface area contributed by atoms with Gasteiger partial charge in [0.15, 0.2) is 0 Å². The van der Waals surface area contributed by atoms with E-state index in [0.29, 0.717) is 5.92 Å². The van der Waals surface area contributed by atoms with Gasteiger partial charge in [0.1, 0.15) is 5.82 Å². The third kappa shape index (κ3) is 5.98. The molecular weight excluding hydrogens is 439 g/mol. The number of allylic oxidation sites excluding steroid dienone is 2. The monoisotopic (exact) mass is 486 g/mol. The number of hydrogen-bond donors (Lipinski definition) is 0. The van der Waals surface area contributed by atoms with Gasteiger partial charge in [-0.25, -0.2) is 4.39 Å². The highest BCUT2D eigenvalue weighted by Gasteiger charge is 2.30. The Hall–Kier alpha value is -1.89. The first-order valence-electron chi connectivity index (χ1n) is 15.2. The second-order valence-electron chi connectivity index (χ2n) is 12.2. The Morgan fingerprint density at radius 3 is 2.00 bits per heavy atom. The molecule has 0 amide bonds. The van der Waals surface area contributed by atoms with Crippen LogP contribution in [-0.4, -0.2) is 0 Å². The van der Waals surface area contributed by atoms with Crippen LogP contribution in [0.5, 0.6) is 0 Å². The predicted octanol–water partition coefficient (Wildman–Crippen LogP) is 10.6. The zero-order chi connectivity index (χ0) is 24.9. The zero-order valence-electron chi connectivity index (χ0n) is 22.8. The molecule has 0 aromatic heterocycles. The van der Waals surface area contributed by atoms with Crippen molar-refractivity contribution in [3.8, 4) is 0 Å².